The number of hydrogen-bond acceptors (Lipinski definition) is 4. The van der Waals surface area contributed by atoms with Gasteiger partial charge in [0.1, 0.15) is 5.52 Å². The van der Waals surface area contributed by atoms with Crippen molar-refractivity contribution in [2.24, 2.45) is 0 Å². The Hall–Kier alpha value is -1.33. The van der Waals surface area contributed by atoms with Gasteiger partial charge in [0.25, 0.3) is 0 Å². The first-order valence-electron chi connectivity index (χ1n) is 7.31. The van der Waals surface area contributed by atoms with Gasteiger partial charge in [-0.1, -0.05) is 0 Å². The summed E-state index contributed by atoms with van der Waals surface area (Å²) in [7, 11) is 0. The second kappa shape index (κ2) is 5.46. The molecule has 1 atom stereocenters. The fourth-order valence-electron chi connectivity index (χ4n) is 2.87. The monoisotopic (exact) mass is 315 g/mol. The predicted molar refractivity (Wildman–Crippen MR) is 91.1 cm³/mol. The molecule has 0 aromatic carbocycles. The number of fused-ring (bicyclic) bond motifs is 1. The number of rotatable bonds is 3. The van der Waals surface area contributed by atoms with E-state index in [1.165, 1.54) is 28.3 Å². The van der Waals surface area contributed by atoms with Crippen molar-refractivity contribution in [3.8, 4) is 10.7 Å². The number of hydrogen-bond donors (Lipinski definition) is 0. The number of thioether (sulfide) groups is 1. The Labute approximate surface area is 132 Å². The Morgan fingerprint density at radius 1 is 1.33 bits per heavy atom. The minimum absolute atomic E-state index is 0.698. The lowest BCUT2D eigenvalue weighted by molar-refractivity contribution is 0.653. The summed E-state index contributed by atoms with van der Waals surface area (Å²) >= 11 is 3.90. The van der Waals surface area contributed by atoms with Crippen LogP contribution in [0.15, 0.2) is 30.5 Å². The van der Waals surface area contributed by atoms with Crippen LogP contribution in [-0.4, -0.2) is 25.5 Å². The van der Waals surface area contributed by atoms with Crippen molar-refractivity contribution in [2.75, 3.05) is 5.75 Å². The first kappa shape index (κ1) is 13.3. The van der Waals surface area contributed by atoms with E-state index in [2.05, 4.69) is 46.4 Å². The number of imidazole rings is 1. The highest BCUT2D eigenvalue weighted by Gasteiger charge is 2.21. The van der Waals surface area contributed by atoms with E-state index < -0.39 is 0 Å². The number of aryl methyl sites for hydroxylation is 1. The van der Waals surface area contributed by atoms with E-state index in [1.54, 1.807) is 0 Å². The molecule has 1 saturated heterocycles. The van der Waals surface area contributed by atoms with Gasteiger partial charge in [0, 0.05) is 22.9 Å². The van der Waals surface area contributed by atoms with Gasteiger partial charge >= 0.3 is 0 Å². The van der Waals surface area contributed by atoms with Gasteiger partial charge in [0.2, 0.25) is 0 Å². The van der Waals surface area contributed by atoms with Gasteiger partial charge in [-0.25, -0.2) is 9.97 Å². The molecule has 0 N–H and O–H groups in total. The molecule has 1 unspecified atom stereocenters. The van der Waals surface area contributed by atoms with E-state index in [9.17, 15) is 0 Å². The SMILES string of the molecule is Cc1ccc(-c2nc3cccnc3n2CC2CCCS2)s1. The highest BCUT2D eigenvalue weighted by atomic mass is 32.2. The van der Waals surface area contributed by atoms with E-state index in [0.717, 1.165) is 23.5 Å². The predicted octanol–water partition coefficient (Wildman–Crippen LogP) is 4.36. The molecule has 0 aliphatic carbocycles. The molecule has 0 radical (unpaired) electrons. The smallest absolute Gasteiger partial charge is 0.160 e. The second-order valence-corrected chi connectivity index (χ2v) is 8.13. The molecule has 0 spiro atoms. The number of aromatic nitrogens is 3. The standard InChI is InChI=1S/C16H17N3S2/c1-11-6-7-14(21-11)16-18-13-5-2-8-17-15(13)19(16)10-12-4-3-9-20-12/h2,5-8,12H,3-4,9-10H2,1H3. The van der Waals surface area contributed by atoms with Crippen molar-refractivity contribution in [1.29, 1.82) is 0 Å². The molecule has 0 amide bonds. The Morgan fingerprint density at radius 3 is 3.05 bits per heavy atom. The van der Waals surface area contributed by atoms with Gasteiger partial charge in [0.05, 0.1) is 4.88 Å². The largest absolute Gasteiger partial charge is 0.307 e. The van der Waals surface area contributed by atoms with Crippen LogP contribution in [0.2, 0.25) is 0 Å². The Morgan fingerprint density at radius 2 is 2.29 bits per heavy atom. The maximum atomic E-state index is 4.84. The third kappa shape index (κ3) is 2.49. The zero-order valence-electron chi connectivity index (χ0n) is 12.0. The maximum Gasteiger partial charge on any atom is 0.160 e. The van der Waals surface area contributed by atoms with Crippen LogP contribution in [0, 0.1) is 6.92 Å². The van der Waals surface area contributed by atoms with Crippen molar-refractivity contribution < 1.29 is 0 Å². The Balaban J connectivity index is 1.84. The van der Waals surface area contributed by atoms with Crippen molar-refractivity contribution in [3.63, 3.8) is 0 Å². The Kier molecular flexibility index (Phi) is 3.47. The lowest BCUT2D eigenvalue weighted by atomic mass is 10.2. The average molecular weight is 315 g/mol. The highest BCUT2D eigenvalue weighted by molar-refractivity contribution is 8.00. The van der Waals surface area contributed by atoms with Crippen molar-refractivity contribution in [1.82, 2.24) is 14.5 Å². The average Bonchev–Trinajstić information content (AvgIpc) is 3.20. The summed E-state index contributed by atoms with van der Waals surface area (Å²) < 4.78 is 2.32. The third-order valence-corrected chi connectivity index (χ3v) is 6.25. The molecule has 3 nitrogen and oxygen atoms in total. The molecule has 0 bridgehead atoms. The summed E-state index contributed by atoms with van der Waals surface area (Å²) in [5.74, 6) is 2.37. The van der Waals surface area contributed by atoms with Gasteiger partial charge in [0.15, 0.2) is 11.5 Å². The van der Waals surface area contributed by atoms with E-state index >= 15 is 0 Å². The molecule has 3 aromatic heterocycles. The van der Waals surface area contributed by atoms with E-state index in [4.69, 9.17) is 4.98 Å². The second-order valence-electron chi connectivity index (χ2n) is 5.44. The topological polar surface area (TPSA) is 30.7 Å². The first-order valence-corrected chi connectivity index (χ1v) is 9.17. The third-order valence-electron chi connectivity index (χ3n) is 3.87. The molecule has 1 fully saturated rings. The van der Waals surface area contributed by atoms with Crippen LogP contribution in [0.25, 0.3) is 21.9 Å². The molecule has 21 heavy (non-hydrogen) atoms. The lowest BCUT2D eigenvalue weighted by Crippen LogP contribution is -2.11. The summed E-state index contributed by atoms with van der Waals surface area (Å²) in [5.41, 5.74) is 2.02. The van der Waals surface area contributed by atoms with Gasteiger partial charge in [-0.2, -0.15) is 11.8 Å². The first-order chi connectivity index (χ1) is 10.3. The summed E-state index contributed by atoms with van der Waals surface area (Å²) in [6, 6.07) is 8.37. The molecular formula is C16H17N3S2. The summed E-state index contributed by atoms with van der Waals surface area (Å²) in [6.07, 6.45) is 4.51. The van der Waals surface area contributed by atoms with Gasteiger partial charge < -0.3 is 4.57 Å². The van der Waals surface area contributed by atoms with Gasteiger partial charge in [-0.3, -0.25) is 0 Å². The molecule has 3 aromatic rings. The maximum absolute atomic E-state index is 4.84. The fraction of sp³-hybridized carbons (Fsp3) is 0.375. The molecule has 4 rings (SSSR count). The van der Waals surface area contributed by atoms with E-state index in [-0.39, 0.29) is 0 Å². The lowest BCUT2D eigenvalue weighted by Gasteiger charge is -2.12. The molecule has 1 aliphatic rings. The molecule has 5 heteroatoms. The zero-order chi connectivity index (χ0) is 14.2. The highest BCUT2D eigenvalue weighted by Crippen LogP contribution is 2.33. The fourth-order valence-corrected chi connectivity index (χ4v) is 4.99. The van der Waals surface area contributed by atoms with Crippen LogP contribution in [0.1, 0.15) is 17.7 Å². The summed E-state index contributed by atoms with van der Waals surface area (Å²) in [5, 5.41) is 0.698. The van der Waals surface area contributed by atoms with Crippen LogP contribution in [0.5, 0.6) is 0 Å². The normalized spacial score (nSPS) is 18.6. The molecule has 0 saturated carbocycles. The van der Waals surface area contributed by atoms with E-state index in [1.807, 2.05) is 23.6 Å². The van der Waals surface area contributed by atoms with Crippen LogP contribution in [0.3, 0.4) is 0 Å². The number of nitrogens with zero attached hydrogens (tertiary/aromatic N) is 3. The summed E-state index contributed by atoms with van der Waals surface area (Å²) in [6.45, 7) is 3.16. The summed E-state index contributed by atoms with van der Waals surface area (Å²) in [4.78, 5) is 12.0. The minimum Gasteiger partial charge on any atom is -0.307 e. The van der Waals surface area contributed by atoms with Gasteiger partial charge in [-0.05, 0) is 49.8 Å². The van der Waals surface area contributed by atoms with Crippen LogP contribution in [-0.2, 0) is 6.54 Å². The zero-order valence-corrected chi connectivity index (χ0v) is 13.6. The van der Waals surface area contributed by atoms with Gasteiger partial charge in [-0.15, -0.1) is 11.3 Å². The van der Waals surface area contributed by atoms with Crippen LogP contribution in [0.4, 0.5) is 0 Å². The number of thiophene rings is 1. The van der Waals surface area contributed by atoms with Crippen molar-refractivity contribution in [2.45, 2.75) is 31.6 Å². The van der Waals surface area contributed by atoms with Crippen molar-refractivity contribution in [3.05, 3.63) is 35.3 Å². The quantitative estimate of drug-likeness (QED) is 0.719. The Bertz CT molecular complexity index is 769. The number of pyridine rings is 1. The molecule has 1 aliphatic heterocycles. The van der Waals surface area contributed by atoms with Crippen LogP contribution >= 0.6 is 23.1 Å². The molecule has 108 valence electrons. The molecule has 4 heterocycles. The van der Waals surface area contributed by atoms with E-state index in [0.29, 0.717) is 5.25 Å². The van der Waals surface area contributed by atoms with Crippen molar-refractivity contribution >= 4 is 34.3 Å². The molecular weight excluding hydrogens is 298 g/mol. The minimum atomic E-state index is 0.698. The van der Waals surface area contributed by atoms with Crippen LogP contribution < -0.4 is 0 Å².